The zero-order valence-electron chi connectivity index (χ0n) is 18.5. The number of fused-ring (bicyclic) bond motifs is 1. The highest BCUT2D eigenvalue weighted by molar-refractivity contribution is 5.98. The molecule has 2 atom stereocenters. The van der Waals surface area contributed by atoms with Crippen molar-refractivity contribution in [2.75, 3.05) is 20.2 Å². The van der Waals surface area contributed by atoms with Gasteiger partial charge in [0.25, 0.3) is 5.91 Å². The van der Waals surface area contributed by atoms with Crippen LogP contribution in [-0.2, 0) is 20.7 Å². The summed E-state index contributed by atoms with van der Waals surface area (Å²) in [6.45, 7) is 0.599. The molecule has 2 fully saturated rings. The maximum absolute atomic E-state index is 13.3. The number of amides is 2. The standard InChI is InChI=1S/C26H30N2O4/c1-31-21-13-11-20(12-14-21)17-24-26(30)28(22-9-5-6-10-23(22)32-24)18-25(29)27-16-15-19-7-3-2-4-8-19/h2-4,7-8,11-14,17,22-23H,5-6,9-10,15-16,18H2,1H3,(H,27,29)/b24-17-. The summed E-state index contributed by atoms with van der Waals surface area (Å²) in [6.07, 6.45) is 6.32. The summed E-state index contributed by atoms with van der Waals surface area (Å²) in [7, 11) is 1.62. The normalized spacial score (nSPS) is 21.6. The Morgan fingerprint density at radius 2 is 1.88 bits per heavy atom. The van der Waals surface area contributed by atoms with Crippen LogP contribution in [0.4, 0.5) is 0 Å². The maximum atomic E-state index is 13.3. The molecule has 0 radical (unpaired) electrons. The van der Waals surface area contributed by atoms with Crippen LogP contribution in [0.25, 0.3) is 6.08 Å². The first-order valence-electron chi connectivity index (χ1n) is 11.3. The SMILES string of the molecule is COc1ccc(/C=C2\OC3CCCCC3N(CC(=O)NCCc3ccccc3)C2=O)cc1. The Bertz CT molecular complexity index is 956. The van der Waals surface area contributed by atoms with Gasteiger partial charge in [0.15, 0.2) is 5.76 Å². The maximum Gasteiger partial charge on any atom is 0.289 e. The topological polar surface area (TPSA) is 67.9 Å². The molecule has 0 aromatic heterocycles. The largest absolute Gasteiger partial charge is 0.497 e. The van der Waals surface area contributed by atoms with Gasteiger partial charge in [-0.2, -0.15) is 0 Å². The Labute approximate surface area is 189 Å². The number of nitrogens with zero attached hydrogens (tertiary/aromatic N) is 1. The third kappa shape index (κ3) is 5.31. The summed E-state index contributed by atoms with van der Waals surface area (Å²) in [5.74, 6) is 0.700. The number of hydrogen-bond acceptors (Lipinski definition) is 4. The number of ether oxygens (including phenoxy) is 2. The van der Waals surface area contributed by atoms with Crippen LogP contribution in [0.3, 0.4) is 0 Å². The van der Waals surface area contributed by atoms with Gasteiger partial charge < -0.3 is 19.7 Å². The van der Waals surface area contributed by atoms with Crippen molar-refractivity contribution in [1.82, 2.24) is 10.2 Å². The van der Waals surface area contributed by atoms with Crippen LogP contribution in [0.1, 0.15) is 36.8 Å². The van der Waals surface area contributed by atoms with Gasteiger partial charge in [-0.15, -0.1) is 0 Å². The highest BCUT2D eigenvalue weighted by Gasteiger charge is 2.42. The van der Waals surface area contributed by atoms with Crippen molar-refractivity contribution in [3.8, 4) is 5.75 Å². The minimum atomic E-state index is -0.220. The van der Waals surface area contributed by atoms with E-state index in [1.165, 1.54) is 5.56 Å². The van der Waals surface area contributed by atoms with Gasteiger partial charge in [0.1, 0.15) is 18.4 Å². The van der Waals surface area contributed by atoms with E-state index in [1.54, 1.807) is 18.1 Å². The highest BCUT2D eigenvalue weighted by Crippen LogP contribution is 2.33. The van der Waals surface area contributed by atoms with E-state index in [0.717, 1.165) is 43.4 Å². The van der Waals surface area contributed by atoms with Gasteiger partial charge in [-0.1, -0.05) is 48.9 Å². The molecule has 2 aliphatic rings. The number of carbonyl (C=O) groups excluding carboxylic acids is 2. The first-order chi connectivity index (χ1) is 15.6. The van der Waals surface area contributed by atoms with Crippen LogP contribution in [0.15, 0.2) is 60.4 Å². The van der Waals surface area contributed by atoms with Crippen LogP contribution < -0.4 is 10.1 Å². The Morgan fingerprint density at radius 3 is 2.62 bits per heavy atom. The van der Waals surface area contributed by atoms with E-state index in [4.69, 9.17) is 9.47 Å². The van der Waals surface area contributed by atoms with E-state index in [-0.39, 0.29) is 30.5 Å². The third-order valence-corrected chi connectivity index (χ3v) is 6.12. The first-order valence-corrected chi connectivity index (χ1v) is 11.3. The number of carbonyl (C=O) groups is 2. The predicted octanol–water partition coefficient (Wildman–Crippen LogP) is 3.57. The lowest BCUT2D eigenvalue weighted by molar-refractivity contribution is -0.151. The summed E-state index contributed by atoms with van der Waals surface area (Å²) in [4.78, 5) is 27.7. The zero-order chi connectivity index (χ0) is 22.3. The van der Waals surface area contributed by atoms with Gasteiger partial charge in [0.2, 0.25) is 5.91 Å². The average molecular weight is 435 g/mol. The monoisotopic (exact) mass is 434 g/mol. The van der Waals surface area contributed by atoms with Gasteiger partial charge in [0.05, 0.1) is 13.2 Å². The van der Waals surface area contributed by atoms with Crippen LogP contribution in [0.2, 0.25) is 0 Å². The van der Waals surface area contributed by atoms with E-state index in [0.29, 0.717) is 12.3 Å². The highest BCUT2D eigenvalue weighted by atomic mass is 16.5. The Morgan fingerprint density at radius 1 is 1.12 bits per heavy atom. The molecule has 2 aromatic rings. The first kappa shape index (κ1) is 21.9. The van der Waals surface area contributed by atoms with Gasteiger partial charge in [-0.3, -0.25) is 9.59 Å². The molecule has 168 valence electrons. The molecule has 1 aliphatic carbocycles. The molecule has 4 rings (SSSR count). The van der Waals surface area contributed by atoms with E-state index < -0.39 is 0 Å². The van der Waals surface area contributed by atoms with E-state index >= 15 is 0 Å². The molecule has 0 bridgehead atoms. The molecular formula is C26H30N2O4. The summed E-state index contributed by atoms with van der Waals surface area (Å²) >= 11 is 0. The molecule has 1 heterocycles. The number of methoxy groups -OCH3 is 1. The minimum Gasteiger partial charge on any atom is -0.497 e. The van der Waals surface area contributed by atoms with Crippen LogP contribution >= 0.6 is 0 Å². The molecule has 6 heteroatoms. The van der Waals surface area contributed by atoms with E-state index in [9.17, 15) is 9.59 Å². The van der Waals surface area contributed by atoms with Crippen molar-refractivity contribution in [2.24, 2.45) is 0 Å². The second kappa shape index (κ2) is 10.4. The van der Waals surface area contributed by atoms with Crippen LogP contribution in [0, 0.1) is 0 Å². The fourth-order valence-corrected chi connectivity index (χ4v) is 4.41. The number of morpholine rings is 1. The van der Waals surface area contributed by atoms with Crippen molar-refractivity contribution in [1.29, 1.82) is 0 Å². The smallest absolute Gasteiger partial charge is 0.289 e. The molecule has 0 spiro atoms. The molecule has 1 aliphatic heterocycles. The lowest BCUT2D eigenvalue weighted by Gasteiger charge is -2.44. The summed E-state index contributed by atoms with van der Waals surface area (Å²) in [6, 6.07) is 17.5. The third-order valence-electron chi connectivity index (χ3n) is 6.12. The number of rotatable bonds is 7. The van der Waals surface area contributed by atoms with Crippen molar-refractivity contribution in [3.63, 3.8) is 0 Å². The van der Waals surface area contributed by atoms with Crippen molar-refractivity contribution in [3.05, 3.63) is 71.5 Å². The second-order valence-corrected chi connectivity index (χ2v) is 8.31. The number of benzene rings is 2. The van der Waals surface area contributed by atoms with E-state index in [1.807, 2.05) is 54.6 Å². The van der Waals surface area contributed by atoms with Gasteiger partial charge >= 0.3 is 0 Å². The Hall–Kier alpha value is -3.28. The Kier molecular flexibility index (Phi) is 7.10. The van der Waals surface area contributed by atoms with Gasteiger partial charge in [-0.25, -0.2) is 0 Å². The Balaban J connectivity index is 1.44. The fraction of sp³-hybridized carbons (Fsp3) is 0.385. The fourth-order valence-electron chi connectivity index (χ4n) is 4.41. The molecule has 2 aromatic carbocycles. The van der Waals surface area contributed by atoms with Crippen molar-refractivity contribution >= 4 is 17.9 Å². The van der Waals surface area contributed by atoms with Gasteiger partial charge in [0, 0.05) is 6.54 Å². The molecule has 32 heavy (non-hydrogen) atoms. The van der Waals surface area contributed by atoms with Crippen LogP contribution in [-0.4, -0.2) is 49.1 Å². The number of hydrogen-bond donors (Lipinski definition) is 1. The van der Waals surface area contributed by atoms with Crippen molar-refractivity contribution < 1.29 is 19.1 Å². The molecule has 2 unspecified atom stereocenters. The number of nitrogens with one attached hydrogen (secondary N) is 1. The lowest BCUT2D eigenvalue weighted by atomic mass is 9.89. The molecule has 1 N–H and O–H groups in total. The molecule has 1 saturated carbocycles. The van der Waals surface area contributed by atoms with Crippen molar-refractivity contribution in [2.45, 2.75) is 44.2 Å². The van der Waals surface area contributed by atoms with Crippen LogP contribution in [0.5, 0.6) is 5.75 Å². The molecule has 2 amide bonds. The zero-order valence-corrected chi connectivity index (χ0v) is 18.5. The second-order valence-electron chi connectivity index (χ2n) is 8.31. The quantitative estimate of drug-likeness (QED) is 0.677. The summed E-state index contributed by atoms with van der Waals surface area (Å²) in [5.41, 5.74) is 2.03. The average Bonchev–Trinajstić information content (AvgIpc) is 2.83. The molecule has 6 nitrogen and oxygen atoms in total. The summed E-state index contributed by atoms with van der Waals surface area (Å²) < 4.78 is 11.3. The molecular weight excluding hydrogens is 404 g/mol. The van der Waals surface area contributed by atoms with Gasteiger partial charge in [-0.05, 0) is 55.0 Å². The molecule has 1 saturated heterocycles. The predicted molar refractivity (Wildman–Crippen MR) is 123 cm³/mol. The lowest BCUT2D eigenvalue weighted by Crippen LogP contribution is -2.57. The van der Waals surface area contributed by atoms with E-state index in [2.05, 4.69) is 5.32 Å². The summed E-state index contributed by atoms with van der Waals surface area (Å²) in [5, 5.41) is 2.96. The minimum absolute atomic E-state index is 0.0517.